The van der Waals surface area contributed by atoms with E-state index in [1.54, 1.807) is 10.9 Å². The maximum Gasteiger partial charge on any atom is 0.153 e. The van der Waals surface area contributed by atoms with Crippen LogP contribution in [0.25, 0.3) is 0 Å². The molecule has 2 aromatic heterocycles. The molecule has 0 bridgehead atoms. The van der Waals surface area contributed by atoms with Crippen molar-refractivity contribution in [3.63, 3.8) is 0 Å². The molecule has 0 saturated carbocycles. The fourth-order valence-electron chi connectivity index (χ4n) is 1.19. The Morgan fingerprint density at radius 3 is 2.93 bits per heavy atom. The Morgan fingerprint density at radius 1 is 1.64 bits per heavy atom. The lowest BCUT2D eigenvalue weighted by molar-refractivity contribution is 0.654. The van der Waals surface area contributed by atoms with Crippen molar-refractivity contribution in [1.29, 1.82) is 0 Å². The van der Waals surface area contributed by atoms with Crippen LogP contribution in [0.4, 0.5) is 0 Å². The van der Waals surface area contributed by atoms with Gasteiger partial charge in [-0.2, -0.15) is 0 Å². The van der Waals surface area contributed by atoms with Gasteiger partial charge in [-0.25, -0.2) is 9.06 Å². The predicted octanol–water partition coefficient (Wildman–Crippen LogP) is 1.08. The van der Waals surface area contributed by atoms with E-state index in [-0.39, 0.29) is 6.04 Å². The third kappa shape index (κ3) is 1.58. The summed E-state index contributed by atoms with van der Waals surface area (Å²) in [6, 6.07) is 1.67. The highest BCUT2D eigenvalue weighted by molar-refractivity contribution is 9.10. The average Bonchev–Trinajstić information content (AvgIpc) is 2.75. The summed E-state index contributed by atoms with van der Waals surface area (Å²) in [5.41, 5.74) is 6.90. The normalized spacial score (nSPS) is 13.1. The molecule has 0 amide bonds. The summed E-state index contributed by atoms with van der Waals surface area (Å²) in [4.78, 5) is 0.996. The highest BCUT2D eigenvalue weighted by atomic mass is 79.9. The second kappa shape index (κ2) is 3.76. The Balaban J connectivity index is 2.41. The van der Waals surface area contributed by atoms with Crippen molar-refractivity contribution in [3.05, 3.63) is 27.4 Å². The van der Waals surface area contributed by atoms with Crippen LogP contribution in [0.2, 0.25) is 0 Å². The molecular formula is C7H8BrN5S. The zero-order chi connectivity index (χ0) is 10.1. The highest BCUT2D eigenvalue weighted by Crippen LogP contribution is 2.26. The Hall–Kier alpha value is -0.790. The fraction of sp³-hybridized carbons (Fsp3) is 0.286. The number of nitrogens with zero attached hydrogens (tertiary/aromatic N) is 4. The maximum absolute atomic E-state index is 6.05. The van der Waals surface area contributed by atoms with Gasteiger partial charge >= 0.3 is 0 Å². The Bertz CT molecular complexity index is 404. The van der Waals surface area contributed by atoms with Crippen molar-refractivity contribution >= 4 is 27.5 Å². The minimum atomic E-state index is -0.225. The minimum Gasteiger partial charge on any atom is -0.318 e. The van der Waals surface area contributed by atoms with Gasteiger partial charge in [0.25, 0.3) is 0 Å². The van der Waals surface area contributed by atoms with Crippen LogP contribution in [0.15, 0.2) is 16.9 Å². The van der Waals surface area contributed by atoms with Gasteiger partial charge in [-0.05, 0) is 33.5 Å². The molecule has 2 rings (SSSR count). The van der Waals surface area contributed by atoms with Gasteiger partial charge in [0.05, 0.1) is 11.7 Å². The smallest absolute Gasteiger partial charge is 0.153 e. The van der Waals surface area contributed by atoms with Gasteiger partial charge in [0.2, 0.25) is 0 Å². The van der Waals surface area contributed by atoms with Crippen molar-refractivity contribution in [2.24, 2.45) is 12.8 Å². The van der Waals surface area contributed by atoms with Crippen LogP contribution in [0.3, 0.4) is 0 Å². The number of nitrogens with two attached hydrogens (primary N) is 1. The first-order valence-electron chi connectivity index (χ1n) is 3.91. The molecule has 5 nitrogen and oxygen atoms in total. The zero-order valence-corrected chi connectivity index (χ0v) is 9.79. The van der Waals surface area contributed by atoms with Gasteiger partial charge in [-0.1, -0.05) is 5.21 Å². The minimum absolute atomic E-state index is 0.225. The number of rotatable bonds is 2. The molecule has 1 atom stereocenters. The summed E-state index contributed by atoms with van der Waals surface area (Å²) in [7, 11) is 1.81. The Labute approximate surface area is 93.2 Å². The van der Waals surface area contributed by atoms with E-state index < -0.39 is 0 Å². The maximum atomic E-state index is 6.05. The van der Waals surface area contributed by atoms with Crippen LogP contribution < -0.4 is 5.73 Å². The molecule has 0 spiro atoms. The summed E-state index contributed by atoms with van der Waals surface area (Å²) in [6.07, 6.45) is 1.73. The second-order valence-electron chi connectivity index (χ2n) is 2.78. The number of hydrogen-bond acceptors (Lipinski definition) is 5. The van der Waals surface area contributed by atoms with Gasteiger partial charge in [-0.3, -0.25) is 0 Å². The van der Waals surface area contributed by atoms with Crippen LogP contribution in [-0.4, -0.2) is 19.4 Å². The lowest BCUT2D eigenvalue weighted by Gasteiger charge is -2.08. The quantitative estimate of drug-likeness (QED) is 0.889. The number of hydrogen-bond donors (Lipinski definition) is 1. The van der Waals surface area contributed by atoms with Crippen LogP contribution in [0.1, 0.15) is 16.6 Å². The molecule has 2 aromatic rings. The summed E-state index contributed by atoms with van der Waals surface area (Å²) in [5.74, 6) is 0. The molecule has 14 heavy (non-hydrogen) atoms. The van der Waals surface area contributed by atoms with Crippen LogP contribution in [-0.2, 0) is 7.05 Å². The van der Waals surface area contributed by atoms with Gasteiger partial charge in [0.15, 0.2) is 4.60 Å². The lowest BCUT2D eigenvalue weighted by atomic mass is 10.2. The fourth-order valence-corrected chi connectivity index (χ4v) is 2.35. The van der Waals surface area contributed by atoms with Crippen LogP contribution in [0, 0.1) is 0 Å². The molecule has 0 fully saturated rings. The first-order valence-corrected chi connectivity index (χ1v) is 5.48. The number of aryl methyl sites for hydroxylation is 1. The molecular weight excluding hydrogens is 266 g/mol. The summed E-state index contributed by atoms with van der Waals surface area (Å²) < 4.78 is 6.35. The molecule has 1 unspecified atom stereocenters. The topological polar surface area (TPSA) is 69.6 Å². The van der Waals surface area contributed by atoms with Crippen LogP contribution in [0.5, 0.6) is 0 Å². The van der Waals surface area contributed by atoms with Crippen LogP contribution >= 0.6 is 27.5 Å². The Kier molecular flexibility index (Phi) is 2.62. The van der Waals surface area contributed by atoms with Crippen molar-refractivity contribution in [3.8, 4) is 0 Å². The van der Waals surface area contributed by atoms with E-state index in [1.165, 1.54) is 11.5 Å². The van der Waals surface area contributed by atoms with E-state index in [4.69, 9.17) is 5.73 Å². The first kappa shape index (κ1) is 9.75. The lowest BCUT2D eigenvalue weighted by Crippen LogP contribution is -2.15. The zero-order valence-electron chi connectivity index (χ0n) is 7.38. The van der Waals surface area contributed by atoms with Gasteiger partial charge < -0.3 is 5.73 Å². The van der Waals surface area contributed by atoms with Gasteiger partial charge in [0, 0.05) is 18.1 Å². The van der Waals surface area contributed by atoms with Crippen molar-refractivity contribution in [2.45, 2.75) is 6.04 Å². The van der Waals surface area contributed by atoms with Crippen molar-refractivity contribution < 1.29 is 0 Å². The third-order valence-corrected chi connectivity index (χ3v) is 3.28. The second-order valence-corrected chi connectivity index (χ2v) is 4.40. The van der Waals surface area contributed by atoms with E-state index in [0.717, 1.165) is 10.6 Å². The van der Waals surface area contributed by atoms with E-state index in [9.17, 15) is 0 Å². The van der Waals surface area contributed by atoms with Crippen molar-refractivity contribution in [2.75, 3.05) is 0 Å². The average molecular weight is 274 g/mol. The third-order valence-electron chi connectivity index (χ3n) is 1.89. The monoisotopic (exact) mass is 273 g/mol. The predicted molar refractivity (Wildman–Crippen MR) is 56.8 cm³/mol. The molecule has 2 N–H and O–H groups in total. The summed E-state index contributed by atoms with van der Waals surface area (Å²) >= 11 is 4.69. The van der Waals surface area contributed by atoms with Crippen molar-refractivity contribution in [1.82, 2.24) is 19.4 Å². The molecule has 0 aliphatic rings. The highest BCUT2D eigenvalue weighted by Gasteiger charge is 2.18. The van der Waals surface area contributed by atoms with E-state index in [1.807, 2.05) is 13.1 Å². The largest absolute Gasteiger partial charge is 0.318 e. The number of halogens is 1. The molecule has 0 radical (unpaired) electrons. The molecule has 0 aliphatic heterocycles. The van der Waals surface area contributed by atoms with E-state index in [0.29, 0.717) is 4.60 Å². The standard InChI is InChI=1S/C7H8BrN5S/c1-13-6(7(8)11-12-13)5(9)4-2-3-10-14-4/h2-3,5H,9H2,1H3. The molecule has 0 saturated heterocycles. The SMILES string of the molecule is Cn1nnc(Br)c1C(N)c1ccns1. The molecule has 0 aromatic carbocycles. The van der Waals surface area contributed by atoms with Gasteiger partial charge in [-0.15, -0.1) is 5.10 Å². The molecule has 74 valence electrons. The number of aromatic nitrogens is 4. The van der Waals surface area contributed by atoms with E-state index >= 15 is 0 Å². The summed E-state index contributed by atoms with van der Waals surface area (Å²) in [6.45, 7) is 0. The van der Waals surface area contributed by atoms with E-state index in [2.05, 4.69) is 30.6 Å². The molecule has 2 heterocycles. The first-order chi connectivity index (χ1) is 6.70. The summed E-state index contributed by atoms with van der Waals surface area (Å²) in [5, 5.41) is 7.75. The molecule has 0 aliphatic carbocycles. The Morgan fingerprint density at radius 2 is 2.43 bits per heavy atom. The van der Waals surface area contributed by atoms with Gasteiger partial charge in [0.1, 0.15) is 0 Å². The molecule has 7 heteroatoms.